The number of nitrogens with two attached hydrogens (primary N) is 1. The Hall–Kier alpha value is -1.12. The van der Waals surface area contributed by atoms with Gasteiger partial charge in [-0.3, -0.25) is 0 Å². The largest absolute Gasteiger partial charge is 0.324 e. The highest BCUT2D eigenvalue weighted by Gasteiger charge is 2.11. The molecule has 2 N–H and O–H groups in total. The Morgan fingerprint density at radius 1 is 1.06 bits per heavy atom. The van der Waals surface area contributed by atoms with Crippen molar-refractivity contribution in [1.29, 1.82) is 0 Å². The highest BCUT2D eigenvalue weighted by molar-refractivity contribution is 9.10. The third-order valence-electron chi connectivity index (χ3n) is 3.17. The van der Waals surface area contributed by atoms with Gasteiger partial charge in [-0.15, -0.1) is 0 Å². The van der Waals surface area contributed by atoms with Gasteiger partial charge in [0.05, 0.1) is 0 Å². The summed E-state index contributed by atoms with van der Waals surface area (Å²) >= 11 is 3.59. The Morgan fingerprint density at radius 3 is 2.44 bits per heavy atom. The van der Waals surface area contributed by atoms with E-state index < -0.39 is 0 Å². The third-order valence-corrected chi connectivity index (χ3v) is 3.89. The first kappa shape index (κ1) is 13.3. The fraction of sp³-hybridized carbons (Fsp3) is 0.250. The molecule has 1 unspecified atom stereocenters. The molecule has 0 saturated carbocycles. The molecule has 1 nitrogen and oxygen atoms in total. The molecule has 0 spiro atoms. The van der Waals surface area contributed by atoms with Gasteiger partial charge >= 0.3 is 0 Å². The fourth-order valence-electron chi connectivity index (χ4n) is 2.08. The van der Waals surface area contributed by atoms with Crippen LogP contribution in [0.2, 0.25) is 0 Å². The van der Waals surface area contributed by atoms with Crippen molar-refractivity contribution in [3.05, 3.63) is 69.7 Å². The van der Waals surface area contributed by atoms with Gasteiger partial charge in [0.2, 0.25) is 0 Å². The van der Waals surface area contributed by atoms with Crippen molar-refractivity contribution in [1.82, 2.24) is 0 Å². The number of hydrogen-bond donors (Lipinski definition) is 1. The Morgan fingerprint density at radius 2 is 1.78 bits per heavy atom. The van der Waals surface area contributed by atoms with Gasteiger partial charge in [0.1, 0.15) is 0 Å². The van der Waals surface area contributed by atoms with Crippen LogP contribution in [0, 0.1) is 0 Å². The number of hydrogen-bond acceptors (Lipinski definition) is 1. The van der Waals surface area contributed by atoms with E-state index >= 15 is 0 Å². The van der Waals surface area contributed by atoms with E-state index in [9.17, 15) is 0 Å². The number of aryl methyl sites for hydroxylation is 1. The standard InChI is InChI=1S/C16H18BrN/c1-2-12-8-9-15(17)14(10-12)16(18)11-13-6-4-3-5-7-13/h3-10,16H,2,11,18H2,1H3. The van der Waals surface area contributed by atoms with Crippen LogP contribution in [-0.2, 0) is 12.8 Å². The van der Waals surface area contributed by atoms with Crippen LogP contribution in [0.1, 0.15) is 29.7 Å². The minimum Gasteiger partial charge on any atom is -0.324 e. The smallest absolute Gasteiger partial charge is 0.0347 e. The topological polar surface area (TPSA) is 26.0 Å². The molecule has 0 fully saturated rings. The van der Waals surface area contributed by atoms with Gasteiger partial charge in [0.25, 0.3) is 0 Å². The van der Waals surface area contributed by atoms with Crippen LogP contribution >= 0.6 is 15.9 Å². The van der Waals surface area contributed by atoms with Gasteiger partial charge in [-0.2, -0.15) is 0 Å². The lowest BCUT2D eigenvalue weighted by Crippen LogP contribution is -2.14. The molecule has 0 bridgehead atoms. The van der Waals surface area contributed by atoms with E-state index in [-0.39, 0.29) is 6.04 Å². The molecular weight excluding hydrogens is 286 g/mol. The first-order valence-electron chi connectivity index (χ1n) is 6.28. The molecule has 2 aromatic rings. The van der Waals surface area contributed by atoms with E-state index in [0.29, 0.717) is 0 Å². The summed E-state index contributed by atoms with van der Waals surface area (Å²) in [6, 6.07) is 16.9. The molecule has 0 aliphatic heterocycles. The summed E-state index contributed by atoms with van der Waals surface area (Å²) in [7, 11) is 0. The van der Waals surface area contributed by atoms with E-state index in [4.69, 9.17) is 5.73 Å². The van der Waals surface area contributed by atoms with Crippen molar-refractivity contribution < 1.29 is 0 Å². The minimum absolute atomic E-state index is 0.0354. The highest BCUT2D eigenvalue weighted by atomic mass is 79.9. The van der Waals surface area contributed by atoms with Gasteiger partial charge < -0.3 is 5.73 Å². The van der Waals surface area contributed by atoms with E-state index in [1.165, 1.54) is 16.7 Å². The van der Waals surface area contributed by atoms with Crippen LogP contribution in [0.5, 0.6) is 0 Å². The fourth-order valence-corrected chi connectivity index (χ4v) is 2.62. The molecule has 0 amide bonds. The Kier molecular flexibility index (Phi) is 4.56. The lowest BCUT2D eigenvalue weighted by Gasteiger charge is -2.15. The summed E-state index contributed by atoms with van der Waals surface area (Å²) in [5.74, 6) is 0. The van der Waals surface area contributed by atoms with Gasteiger partial charge in [-0.1, -0.05) is 65.3 Å². The molecule has 18 heavy (non-hydrogen) atoms. The monoisotopic (exact) mass is 303 g/mol. The summed E-state index contributed by atoms with van der Waals surface area (Å²) in [5.41, 5.74) is 10.1. The van der Waals surface area contributed by atoms with Crippen LogP contribution < -0.4 is 5.73 Å². The first-order valence-corrected chi connectivity index (χ1v) is 7.08. The lowest BCUT2D eigenvalue weighted by atomic mass is 9.97. The molecule has 94 valence electrons. The average molecular weight is 304 g/mol. The Balaban J connectivity index is 2.20. The lowest BCUT2D eigenvalue weighted by molar-refractivity contribution is 0.717. The van der Waals surface area contributed by atoms with Crippen molar-refractivity contribution in [3.8, 4) is 0 Å². The van der Waals surface area contributed by atoms with Crippen LogP contribution in [0.3, 0.4) is 0 Å². The zero-order chi connectivity index (χ0) is 13.0. The SMILES string of the molecule is CCc1ccc(Br)c(C(N)Cc2ccccc2)c1. The molecule has 1 atom stereocenters. The molecule has 0 aromatic heterocycles. The van der Waals surface area contributed by atoms with E-state index in [1.807, 2.05) is 6.07 Å². The van der Waals surface area contributed by atoms with E-state index in [1.54, 1.807) is 0 Å². The molecule has 2 aromatic carbocycles. The molecule has 0 radical (unpaired) electrons. The van der Waals surface area contributed by atoms with Gasteiger partial charge in [-0.25, -0.2) is 0 Å². The molecule has 0 heterocycles. The molecule has 0 aliphatic rings. The molecule has 0 aliphatic carbocycles. The van der Waals surface area contributed by atoms with Crippen molar-refractivity contribution in [2.45, 2.75) is 25.8 Å². The second kappa shape index (κ2) is 6.17. The molecule has 0 saturated heterocycles. The molecule has 2 rings (SSSR count). The van der Waals surface area contributed by atoms with Gasteiger partial charge in [0, 0.05) is 10.5 Å². The number of benzene rings is 2. The summed E-state index contributed by atoms with van der Waals surface area (Å²) in [4.78, 5) is 0. The first-order chi connectivity index (χ1) is 8.70. The zero-order valence-corrected chi connectivity index (χ0v) is 12.2. The maximum Gasteiger partial charge on any atom is 0.0347 e. The van der Waals surface area contributed by atoms with Crippen molar-refractivity contribution in [3.63, 3.8) is 0 Å². The van der Waals surface area contributed by atoms with Crippen LogP contribution in [-0.4, -0.2) is 0 Å². The van der Waals surface area contributed by atoms with Crippen molar-refractivity contribution in [2.24, 2.45) is 5.73 Å². The van der Waals surface area contributed by atoms with Gasteiger partial charge in [-0.05, 0) is 35.6 Å². The Bertz CT molecular complexity index is 508. The molecule has 2 heteroatoms. The van der Waals surface area contributed by atoms with Crippen LogP contribution in [0.15, 0.2) is 53.0 Å². The predicted molar refractivity (Wildman–Crippen MR) is 80.6 cm³/mol. The summed E-state index contributed by atoms with van der Waals surface area (Å²) in [5, 5.41) is 0. The second-order valence-corrected chi connectivity index (χ2v) is 5.36. The van der Waals surface area contributed by atoms with Crippen LogP contribution in [0.4, 0.5) is 0 Å². The predicted octanol–water partition coefficient (Wildman–Crippen LogP) is 4.25. The second-order valence-electron chi connectivity index (χ2n) is 4.51. The third kappa shape index (κ3) is 3.21. The number of rotatable bonds is 4. The Labute approximate surface area is 117 Å². The summed E-state index contributed by atoms with van der Waals surface area (Å²) < 4.78 is 1.10. The summed E-state index contributed by atoms with van der Waals surface area (Å²) in [6.45, 7) is 2.16. The maximum atomic E-state index is 6.32. The average Bonchev–Trinajstić information content (AvgIpc) is 2.40. The minimum atomic E-state index is 0.0354. The van der Waals surface area contributed by atoms with Gasteiger partial charge in [0.15, 0.2) is 0 Å². The van der Waals surface area contributed by atoms with Crippen molar-refractivity contribution >= 4 is 15.9 Å². The summed E-state index contributed by atoms with van der Waals surface area (Å²) in [6.07, 6.45) is 1.91. The molecular formula is C16H18BrN. The van der Waals surface area contributed by atoms with E-state index in [0.717, 1.165) is 17.3 Å². The van der Waals surface area contributed by atoms with E-state index in [2.05, 4.69) is 65.3 Å². The zero-order valence-electron chi connectivity index (χ0n) is 10.6. The van der Waals surface area contributed by atoms with Crippen LogP contribution in [0.25, 0.3) is 0 Å². The van der Waals surface area contributed by atoms with Crippen molar-refractivity contribution in [2.75, 3.05) is 0 Å². The number of halogens is 1. The highest BCUT2D eigenvalue weighted by Crippen LogP contribution is 2.26. The maximum absolute atomic E-state index is 6.32. The quantitative estimate of drug-likeness (QED) is 0.897. The normalized spacial score (nSPS) is 12.4.